The van der Waals surface area contributed by atoms with Gasteiger partial charge in [0.15, 0.2) is 0 Å². The highest BCUT2D eigenvalue weighted by atomic mass is 35.5. The second-order valence-electron chi connectivity index (χ2n) is 5.00. The summed E-state index contributed by atoms with van der Waals surface area (Å²) in [5.74, 6) is -0.453. The minimum absolute atomic E-state index is 0.0683. The Balaban J connectivity index is 1.86. The molecule has 0 spiro atoms. The van der Waals surface area contributed by atoms with E-state index in [1.165, 1.54) is 5.56 Å². The van der Waals surface area contributed by atoms with Crippen LogP contribution in [0.2, 0.25) is 5.02 Å². The number of aryl methyl sites for hydroxylation is 1. The molecule has 4 heteroatoms. The normalized spacial score (nSPS) is 17.0. The van der Waals surface area contributed by atoms with Crippen LogP contribution in [0.4, 0.5) is 11.4 Å². The van der Waals surface area contributed by atoms with Crippen molar-refractivity contribution in [2.75, 3.05) is 5.32 Å². The highest BCUT2D eigenvalue weighted by molar-refractivity contribution is 6.31. The summed E-state index contributed by atoms with van der Waals surface area (Å²) in [4.78, 5) is 16.4. The summed E-state index contributed by atoms with van der Waals surface area (Å²) in [5, 5.41) is 3.46. The van der Waals surface area contributed by atoms with Gasteiger partial charge in [-0.2, -0.15) is 0 Å². The monoisotopic (exact) mass is 298 g/mol. The molecule has 0 bridgehead atoms. The van der Waals surface area contributed by atoms with Gasteiger partial charge in [-0.15, -0.1) is 0 Å². The average molecular weight is 299 g/mol. The molecule has 1 amide bonds. The molecule has 21 heavy (non-hydrogen) atoms. The van der Waals surface area contributed by atoms with Crippen molar-refractivity contribution >= 4 is 35.1 Å². The van der Waals surface area contributed by atoms with E-state index in [0.29, 0.717) is 5.02 Å². The van der Waals surface area contributed by atoms with Crippen molar-refractivity contribution in [1.29, 1.82) is 0 Å². The number of amides is 1. The molecule has 2 aromatic rings. The molecular formula is C17H15ClN2O. The van der Waals surface area contributed by atoms with Crippen molar-refractivity contribution in [3.05, 3.63) is 58.6 Å². The molecule has 0 aromatic heterocycles. The van der Waals surface area contributed by atoms with Crippen LogP contribution in [-0.4, -0.2) is 12.1 Å². The van der Waals surface area contributed by atoms with E-state index in [2.05, 4.69) is 17.2 Å². The Morgan fingerprint density at radius 1 is 1.24 bits per heavy atom. The molecule has 1 aliphatic rings. The predicted octanol–water partition coefficient (Wildman–Crippen LogP) is 4.34. The number of hydrogen-bond acceptors (Lipinski definition) is 2. The maximum Gasteiger partial charge on any atom is 0.237 e. The number of anilines is 1. The molecule has 1 atom stereocenters. The van der Waals surface area contributed by atoms with Crippen molar-refractivity contribution < 1.29 is 4.79 Å². The minimum Gasteiger partial charge on any atom is -0.325 e. The van der Waals surface area contributed by atoms with Gasteiger partial charge in [0.05, 0.1) is 5.69 Å². The summed E-state index contributed by atoms with van der Waals surface area (Å²) >= 11 is 6.00. The first kappa shape index (κ1) is 13.8. The van der Waals surface area contributed by atoms with Gasteiger partial charge in [0, 0.05) is 16.9 Å². The molecule has 0 radical (unpaired) electrons. The lowest BCUT2D eigenvalue weighted by atomic mass is 10.0. The van der Waals surface area contributed by atoms with Crippen LogP contribution in [0.5, 0.6) is 0 Å². The highest BCUT2D eigenvalue weighted by Gasteiger charge is 2.29. The third kappa shape index (κ3) is 2.83. The fourth-order valence-corrected chi connectivity index (χ4v) is 2.56. The van der Waals surface area contributed by atoms with Crippen LogP contribution in [0, 0.1) is 0 Å². The third-order valence-corrected chi connectivity index (χ3v) is 3.84. The van der Waals surface area contributed by atoms with E-state index in [4.69, 9.17) is 11.6 Å². The standard InChI is InChI=1S/C17H15ClN2O/c1-2-11-3-6-13(7-4-11)19-10-15-14-9-12(18)5-8-16(14)20-17(15)21/h3-10,15H,2H2,1H3,(H,20,21). The molecule has 3 nitrogen and oxygen atoms in total. The second-order valence-corrected chi connectivity index (χ2v) is 5.43. The summed E-state index contributed by atoms with van der Waals surface area (Å²) in [6.07, 6.45) is 2.68. The van der Waals surface area contributed by atoms with Crippen molar-refractivity contribution in [2.45, 2.75) is 19.3 Å². The number of carbonyl (C=O) groups is 1. The van der Waals surface area contributed by atoms with Crippen LogP contribution in [0.25, 0.3) is 0 Å². The minimum atomic E-state index is -0.385. The Hall–Kier alpha value is -2.13. The fourth-order valence-electron chi connectivity index (χ4n) is 2.38. The number of hydrogen-bond donors (Lipinski definition) is 1. The van der Waals surface area contributed by atoms with Gasteiger partial charge >= 0.3 is 0 Å². The van der Waals surface area contributed by atoms with Crippen molar-refractivity contribution in [1.82, 2.24) is 0 Å². The molecule has 1 N–H and O–H groups in total. The zero-order valence-electron chi connectivity index (χ0n) is 11.6. The van der Waals surface area contributed by atoms with E-state index < -0.39 is 0 Å². The lowest BCUT2D eigenvalue weighted by Crippen LogP contribution is -2.12. The van der Waals surface area contributed by atoms with E-state index in [-0.39, 0.29) is 11.8 Å². The first-order valence-electron chi connectivity index (χ1n) is 6.91. The van der Waals surface area contributed by atoms with Gasteiger partial charge in [-0.25, -0.2) is 0 Å². The average Bonchev–Trinajstić information content (AvgIpc) is 2.80. The molecule has 106 valence electrons. The zero-order valence-corrected chi connectivity index (χ0v) is 12.4. The number of fused-ring (bicyclic) bond motifs is 1. The number of nitrogens with one attached hydrogen (secondary N) is 1. The van der Waals surface area contributed by atoms with E-state index in [9.17, 15) is 4.79 Å². The highest BCUT2D eigenvalue weighted by Crippen LogP contribution is 2.33. The number of benzene rings is 2. The maximum absolute atomic E-state index is 12.0. The molecule has 1 heterocycles. The Labute approximate surface area is 128 Å². The number of aliphatic imine (C=N–C) groups is 1. The van der Waals surface area contributed by atoms with Crippen LogP contribution in [0.3, 0.4) is 0 Å². The summed E-state index contributed by atoms with van der Waals surface area (Å²) < 4.78 is 0. The quantitative estimate of drug-likeness (QED) is 0.841. The number of nitrogens with zero attached hydrogens (tertiary/aromatic N) is 1. The SMILES string of the molecule is CCc1ccc(N=CC2C(=O)Nc3ccc(Cl)cc32)cc1. The van der Waals surface area contributed by atoms with Gasteiger partial charge in [-0.05, 0) is 47.9 Å². The van der Waals surface area contributed by atoms with Crippen LogP contribution in [0.15, 0.2) is 47.5 Å². The van der Waals surface area contributed by atoms with E-state index in [1.54, 1.807) is 12.3 Å². The Morgan fingerprint density at radius 3 is 2.71 bits per heavy atom. The second kappa shape index (κ2) is 5.70. The predicted molar refractivity (Wildman–Crippen MR) is 86.8 cm³/mol. The van der Waals surface area contributed by atoms with Crippen molar-refractivity contribution in [3.8, 4) is 0 Å². The van der Waals surface area contributed by atoms with Crippen LogP contribution < -0.4 is 5.32 Å². The topological polar surface area (TPSA) is 41.5 Å². The smallest absolute Gasteiger partial charge is 0.237 e. The lowest BCUT2D eigenvalue weighted by Gasteiger charge is -2.03. The van der Waals surface area contributed by atoms with Gasteiger partial charge in [-0.3, -0.25) is 9.79 Å². The van der Waals surface area contributed by atoms with E-state index in [0.717, 1.165) is 23.4 Å². The molecule has 0 fully saturated rings. The first-order chi connectivity index (χ1) is 10.2. The van der Waals surface area contributed by atoms with E-state index >= 15 is 0 Å². The molecule has 1 unspecified atom stereocenters. The molecule has 3 rings (SSSR count). The first-order valence-corrected chi connectivity index (χ1v) is 7.28. The molecule has 1 aliphatic heterocycles. The Morgan fingerprint density at radius 2 is 2.00 bits per heavy atom. The lowest BCUT2D eigenvalue weighted by molar-refractivity contribution is -0.115. The maximum atomic E-state index is 12.0. The molecule has 0 saturated heterocycles. The van der Waals surface area contributed by atoms with Crippen LogP contribution in [-0.2, 0) is 11.2 Å². The van der Waals surface area contributed by atoms with Gasteiger partial charge < -0.3 is 5.32 Å². The third-order valence-electron chi connectivity index (χ3n) is 3.61. The summed E-state index contributed by atoms with van der Waals surface area (Å²) in [7, 11) is 0. The van der Waals surface area contributed by atoms with E-state index in [1.807, 2.05) is 36.4 Å². The van der Waals surface area contributed by atoms with Gasteiger partial charge in [0.2, 0.25) is 5.91 Å². The molecule has 0 aliphatic carbocycles. The number of rotatable bonds is 3. The van der Waals surface area contributed by atoms with Crippen molar-refractivity contribution in [3.63, 3.8) is 0 Å². The summed E-state index contributed by atoms with van der Waals surface area (Å²) in [5.41, 5.74) is 3.80. The Kier molecular flexibility index (Phi) is 3.76. The Bertz CT molecular complexity index is 707. The molecule has 0 saturated carbocycles. The molecule has 2 aromatic carbocycles. The number of halogens is 1. The summed E-state index contributed by atoms with van der Waals surface area (Å²) in [6.45, 7) is 2.11. The fraction of sp³-hybridized carbons (Fsp3) is 0.176. The van der Waals surface area contributed by atoms with Crippen molar-refractivity contribution in [2.24, 2.45) is 4.99 Å². The number of carbonyl (C=O) groups excluding carboxylic acids is 1. The zero-order chi connectivity index (χ0) is 14.8. The van der Waals surface area contributed by atoms with Gasteiger partial charge in [-0.1, -0.05) is 30.7 Å². The van der Waals surface area contributed by atoms with Crippen LogP contribution >= 0.6 is 11.6 Å². The largest absolute Gasteiger partial charge is 0.325 e. The van der Waals surface area contributed by atoms with Crippen LogP contribution in [0.1, 0.15) is 24.0 Å². The summed E-state index contributed by atoms with van der Waals surface area (Å²) in [6, 6.07) is 13.4. The molecular weight excluding hydrogens is 284 g/mol. The van der Waals surface area contributed by atoms with Gasteiger partial charge in [0.1, 0.15) is 5.92 Å². The van der Waals surface area contributed by atoms with Gasteiger partial charge in [0.25, 0.3) is 0 Å².